The van der Waals surface area contributed by atoms with Gasteiger partial charge in [-0.1, -0.05) is 25.7 Å². The summed E-state index contributed by atoms with van der Waals surface area (Å²) >= 11 is 0. The van der Waals surface area contributed by atoms with E-state index in [1.807, 2.05) is 4.90 Å². The van der Waals surface area contributed by atoms with Gasteiger partial charge >= 0.3 is 0 Å². The van der Waals surface area contributed by atoms with Crippen molar-refractivity contribution in [2.45, 2.75) is 70.3 Å². The van der Waals surface area contributed by atoms with Crippen LogP contribution in [0.15, 0.2) is 0 Å². The van der Waals surface area contributed by atoms with Crippen molar-refractivity contribution in [1.29, 1.82) is 5.26 Å². The van der Waals surface area contributed by atoms with Gasteiger partial charge in [-0.3, -0.25) is 4.79 Å². The van der Waals surface area contributed by atoms with Crippen molar-refractivity contribution in [2.75, 3.05) is 13.2 Å². The van der Waals surface area contributed by atoms with Gasteiger partial charge in [0.05, 0.1) is 6.07 Å². The van der Waals surface area contributed by atoms with Crippen LogP contribution in [0.25, 0.3) is 0 Å². The number of aliphatic hydroxyl groups is 1. The lowest BCUT2D eigenvalue weighted by atomic mass is 9.79. The van der Waals surface area contributed by atoms with Crippen LogP contribution < -0.4 is 0 Å². The van der Waals surface area contributed by atoms with Gasteiger partial charge in [-0.2, -0.15) is 5.26 Å². The van der Waals surface area contributed by atoms with Crippen molar-refractivity contribution in [2.24, 2.45) is 5.41 Å². The fraction of sp³-hybridized carbons (Fsp3) is 0.875. The summed E-state index contributed by atoms with van der Waals surface area (Å²) in [4.78, 5) is 14.9. The Morgan fingerprint density at radius 3 is 2.50 bits per heavy atom. The summed E-state index contributed by atoms with van der Waals surface area (Å²) in [6, 6.07) is 2.50. The highest BCUT2D eigenvalue weighted by Crippen LogP contribution is 2.38. The highest BCUT2D eigenvalue weighted by Gasteiger charge is 2.43. The van der Waals surface area contributed by atoms with Crippen molar-refractivity contribution >= 4 is 5.91 Å². The Balaban J connectivity index is 2.15. The first kappa shape index (κ1) is 15.3. The van der Waals surface area contributed by atoms with Crippen molar-refractivity contribution in [1.82, 2.24) is 4.90 Å². The maximum atomic E-state index is 13.0. The van der Waals surface area contributed by atoms with Crippen LogP contribution >= 0.6 is 0 Å². The maximum absolute atomic E-state index is 13.0. The van der Waals surface area contributed by atoms with E-state index in [-0.39, 0.29) is 18.6 Å². The number of carbonyl (C=O) groups excluding carboxylic acids is 1. The Hall–Kier alpha value is -1.08. The fourth-order valence-corrected chi connectivity index (χ4v) is 3.70. The summed E-state index contributed by atoms with van der Waals surface area (Å²) in [6.07, 6.45) is 9.42. The molecule has 2 rings (SSSR count). The van der Waals surface area contributed by atoms with Crippen LogP contribution in [0.2, 0.25) is 0 Å². The predicted octanol–water partition coefficient (Wildman–Crippen LogP) is 2.61. The van der Waals surface area contributed by atoms with E-state index in [0.29, 0.717) is 19.3 Å². The second-order valence-electron chi connectivity index (χ2n) is 6.27. The van der Waals surface area contributed by atoms with Gasteiger partial charge in [-0.05, 0) is 38.5 Å². The van der Waals surface area contributed by atoms with Gasteiger partial charge in [0, 0.05) is 19.2 Å². The lowest BCUT2D eigenvalue weighted by Crippen LogP contribution is -2.50. The summed E-state index contributed by atoms with van der Waals surface area (Å²) < 4.78 is 0. The van der Waals surface area contributed by atoms with E-state index in [1.54, 1.807) is 0 Å². The van der Waals surface area contributed by atoms with Gasteiger partial charge in [0.15, 0.2) is 0 Å². The van der Waals surface area contributed by atoms with E-state index in [9.17, 15) is 15.2 Å². The Morgan fingerprint density at radius 1 is 1.20 bits per heavy atom. The zero-order valence-electron chi connectivity index (χ0n) is 12.3. The van der Waals surface area contributed by atoms with E-state index >= 15 is 0 Å². The predicted molar refractivity (Wildman–Crippen MR) is 76.8 cm³/mol. The number of hydrogen-bond donors (Lipinski definition) is 1. The van der Waals surface area contributed by atoms with Crippen LogP contribution in [0.1, 0.15) is 64.2 Å². The van der Waals surface area contributed by atoms with Crippen LogP contribution in [0.3, 0.4) is 0 Å². The monoisotopic (exact) mass is 278 g/mol. The van der Waals surface area contributed by atoms with Gasteiger partial charge in [0.2, 0.25) is 5.91 Å². The molecule has 20 heavy (non-hydrogen) atoms. The normalized spacial score (nSPS) is 26.6. The number of carbonyl (C=O) groups is 1. The Morgan fingerprint density at radius 2 is 1.90 bits per heavy atom. The second-order valence-corrected chi connectivity index (χ2v) is 6.27. The first-order valence-electron chi connectivity index (χ1n) is 8.07. The summed E-state index contributed by atoms with van der Waals surface area (Å²) in [5.74, 6) is 0.0417. The molecule has 0 spiro atoms. The molecular formula is C16H26N2O2. The minimum Gasteiger partial charge on any atom is -0.396 e. The molecule has 1 atom stereocenters. The molecule has 1 aliphatic heterocycles. The summed E-state index contributed by atoms with van der Waals surface area (Å²) in [7, 11) is 0. The molecule has 1 amide bonds. The molecule has 1 saturated carbocycles. The third-order valence-electron chi connectivity index (χ3n) is 4.93. The first-order valence-corrected chi connectivity index (χ1v) is 8.07. The summed E-state index contributed by atoms with van der Waals surface area (Å²) in [5, 5.41) is 18.8. The molecule has 0 bridgehead atoms. The lowest BCUT2D eigenvalue weighted by molar-refractivity contribution is -0.144. The molecule has 4 heteroatoms. The quantitative estimate of drug-likeness (QED) is 0.807. The molecule has 2 aliphatic rings. The molecule has 0 aromatic rings. The van der Waals surface area contributed by atoms with Crippen LogP contribution in [0.5, 0.6) is 0 Å². The molecule has 0 aromatic heterocycles. The number of likely N-dealkylation sites (tertiary alicyclic amines) is 1. The van der Waals surface area contributed by atoms with Gasteiger partial charge in [-0.25, -0.2) is 0 Å². The van der Waals surface area contributed by atoms with E-state index in [0.717, 1.165) is 51.5 Å². The molecule has 112 valence electrons. The SMILES string of the molecule is N#CC1(C(=O)N2CCCCC2CCO)CCCCCC1. The van der Waals surface area contributed by atoms with E-state index in [4.69, 9.17) is 0 Å². The lowest BCUT2D eigenvalue weighted by Gasteiger charge is -2.40. The van der Waals surface area contributed by atoms with Gasteiger partial charge in [0.1, 0.15) is 5.41 Å². The van der Waals surface area contributed by atoms with Crippen molar-refractivity contribution in [3.05, 3.63) is 0 Å². The molecule has 0 aromatic carbocycles. The Bertz CT molecular complexity index is 365. The number of piperidine rings is 1. The average Bonchev–Trinajstić information content (AvgIpc) is 2.74. The standard InChI is InChI=1S/C16H26N2O2/c17-13-16(9-4-1-2-5-10-16)15(20)18-11-6-3-7-14(18)8-12-19/h14,19H,1-12H2. The number of aliphatic hydroxyl groups excluding tert-OH is 1. The zero-order valence-corrected chi connectivity index (χ0v) is 12.3. The highest BCUT2D eigenvalue weighted by molar-refractivity contribution is 5.86. The van der Waals surface area contributed by atoms with Crippen molar-refractivity contribution < 1.29 is 9.90 Å². The van der Waals surface area contributed by atoms with Gasteiger partial charge in [-0.15, -0.1) is 0 Å². The average molecular weight is 278 g/mol. The third kappa shape index (κ3) is 3.15. The smallest absolute Gasteiger partial charge is 0.243 e. The molecule has 4 nitrogen and oxygen atoms in total. The Kier molecular flexibility index (Phi) is 5.42. The highest BCUT2D eigenvalue weighted by atomic mass is 16.3. The number of nitrogens with zero attached hydrogens (tertiary/aromatic N) is 2. The van der Waals surface area contributed by atoms with Crippen LogP contribution in [-0.4, -0.2) is 35.1 Å². The molecule has 1 unspecified atom stereocenters. The number of rotatable bonds is 3. The Labute approximate surface area is 121 Å². The van der Waals surface area contributed by atoms with Gasteiger partial charge in [0.25, 0.3) is 0 Å². The van der Waals surface area contributed by atoms with E-state index in [2.05, 4.69) is 6.07 Å². The fourth-order valence-electron chi connectivity index (χ4n) is 3.70. The molecular weight excluding hydrogens is 252 g/mol. The topological polar surface area (TPSA) is 64.3 Å². The van der Waals surface area contributed by atoms with Crippen molar-refractivity contribution in [3.63, 3.8) is 0 Å². The summed E-state index contributed by atoms with van der Waals surface area (Å²) in [5.41, 5.74) is -0.790. The minimum atomic E-state index is -0.790. The van der Waals surface area contributed by atoms with Crippen molar-refractivity contribution in [3.8, 4) is 6.07 Å². The van der Waals surface area contributed by atoms with E-state index < -0.39 is 5.41 Å². The maximum Gasteiger partial charge on any atom is 0.243 e. The molecule has 1 N–H and O–H groups in total. The summed E-state index contributed by atoms with van der Waals surface area (Å²) in [6.45, 7) is 0.876. The molecule has 1 saturated heterocycles. The molecule has 1 aliphatic carbocycles. The molecule has 2 fully saturated rings. The third-order valence-corrected chi connectivity index (χ3v) is 4.93. The van der Waals surface area contributed by atoms with E-state index in [1.165, 1.54) is 0 Å². The molecule has 1 heterocycles. The van der Waals surface area contributed by atoms with Crippen LogP contribution in [0, 0.1) is 16.7 Å². The largest absolute Gasteiger partial charge is 0.396 e. The van der Waals surface area contributed by atoms with Crippen LogP contribution in [-0.2, 0) is 4.79 Å². The zero-order chi connectivity index (χ0) is 14.4. The number of hydrogen-bond acceptors (Lipinski definition) is 3. The minimum absolute atomic E-state index is 0.0417. The molecule has 0 radical (unpaired) electrons. The van der Waals surface area contributed by atoms with Gasteiger partial charge < -0.3 is 10.0 Å². The van der Waals surface area contributed by atoms with Crippen LogP contribution in [0.4, 0.5) is 0 Å². The second kappa shape index (κ2) is 7.08. The number of nitriles is 1. The first-order chi connectivity index (χ1) is 9.73. The number of amides is 1.